The van der Waals surface area contributed by atoms with Gasteiger partial charge < -0.3 is 4.90 Å². The Morgan fingerprint density at radius 3 is 2.86 bits per heavy atom. The molecule has 0 spiro atoms. The van der Waals surface area contributed by atoms with Crippen molar-refractivity contribution in [2.24, 2.45) is 4.99 Å². The number of rotatable bonds is 2. The summed E-state index contributed by atoms with van der Waals surface area (Å²) < 4.78 is 0. The van der Waals surface area contributed by atoms with Crippen molar-refractivity contribution in [3.05, 3.63) is 46.2 Å². The normalized spacial score (nSPS) is 18.4. The lowest BCUT2D eigenvalue weighted by Gasteiger charge is -2.25. The monoisotopic (exact) mass is 298 g/mol. The average Bonchev–Trinajstić information content (AvgIpc) is 3.00. The molecule has 1 heterocycles. The SMILES string of the molecule is CC(=N[C@H]1CCc2c(cccc2-c2ccsc2)C1)N(C)C. The van der Waals surface area contributed by atoms with E-state index in [1.54, 1.807) is 11.3 Å². The van der Waals surface area contributed by atoms with E-state index in [1.165, 1.54) is 22.3 Å². The van der Waals surface area contributed by atoms with Crippen LogP contribution in [-0.2, 0) is 12.8 Å². The molecule has 1 aliphatic carbocycles. The van der Waals surface area contributed by atoms with Gasteiger partial charge >= 0.3 is 0 Å². The maximum atomic E-state index is 4.87. The van der Waals surface area contributed by atoms with Crippen LogP contribution in [0.2, 0.25) is 0 Å². The highest BCUT2D eigenvalue weighted by molar-refractivity contribution is 7.08. The van der Waals surface area contributed by atoms with E-state index >= 15 is 0 Å². The molecule has 0 bridgehead atoms. The smallest absolute Gasteiger partial charge is 0.0955 e. The van der Waals surface area contributed by atoms with Gasteiger partial charge in [-0.2, -0.15) is 11.3 Å². The Morgan fingerprint density at radius 1 is 1.29 bits per heavy atom. The maximum Gasteiger partial charge on any atom is 0.0955 e. The summed E-state index contributed by atoms with van der Waals surface area (Å²) in [7, 11) is 4.12. The Hall–Kier alpha value is -1.61. The minimum Gasteiger partial charge on any atom is -0.367 e. The van der Waals surface area contributed by atoms with E-state index < -0.39 is 0 Å². The van der Waals surface area contributed by atoms with E-state index in [0.29, 0.717) is 6.04 Å². The molecule has 21 heavy (non-hydrogen) atoms. The third-order valence-corrected chi connectivity index (χ3v) is 4.99. The minimum absolute atomic E-state index is 0.428. The van der Waals surface area contributed by atoms with Crippen molar-refractivity contribution in [1.82, 2.24) is 4.90 Å². The molecule has 3 heteroatoms. The number of hydrogen-bond donors (Lipinski definition) is 0. The zero-order chi connectivity index (χ0) is 14.8. The Balaban J connectivity index is 1.88. The molecule has 0 radical (unpaired) electrons. The fourth-order valence-corrected chi connectivity index (χ4v) is 3.62. The molecule has 0 unspecified atom stereocenters. The van der Waals surface area contributed by atoms with Gasteiger partial charge in [-0.1, -0.05) is 18.2 Å². The number of aliphatic imine (C=N–C) groups is 1. The molecule has 0 amide bonds. The molecule has 0 N–H and O–H groups in total. The third kappa shape index (κ3) is 3.03. The van der Waals surface area contributed by atoms with Crippen LogP contribution in [-0.4, -0.2) is 30.9 Å². The Kier molecular flexibility index (Phi) is 4.11. The Bertz CT molecular complexity index is 641. The highest BCUT2D eigenvalue weighted by Gasteiger charge is 2.21. The lowest BCUT2D eigenvalue weighted by molar-refractivity contribution is 0.551. The number of nitrogens with zero attached hydrogens (tertiary/aromatic N) is 2. The molecule has 0 aliphatic heterocycles. The lowest BCUT2D eigenvalue weighted by atomic mass is 9.84. The molecule has 1 aromatic heterocycles. The first-order valence-electron chi connectivity index (χ1n) is 7.50. The lowest BCUT2D eigenvalue weighted by Crippen LogP contribution is -2.24. The summed E-state index contributed by atoms with van der Waals surface area (Å²) in [5, 5.41) is 4.40. The van der Waals surface area contributed by atoms with Crippen molar-refractivity contribution in [3.8, 4) is 11.1 Å². The van der Waals surface area contributed by atoms with Gasteiger partial charge in [-0.25, -0.2) is 0 Å². The molecule has 3 rings (SSSR count). The average molecular weight is 298 g/mol. The van der Waals surface area contributed by atoms with E-state index in [4.69, 9.17) is 4.99 Å². The van der Waals surface area contributed by atoms with Crippen molar-refractivity contribution >= 4 is 17.2 Å². The molecular weight excluding hydrogens is 276 g/mol. The summed E-state index contributed by atoms with van der Waals surface area (Å²) in [6.07, 6.45) is 3.36. The van der Waals surface area contributed by atoms with Crippen LogP contribution >= 0.6 is 11.3 Å². The first-order valence-corrected chi connectivity index (χ1v) is 8.44. The summed E-state index contributed by atoms with van der Waals surface area (Å²) >= 11 is 1.77. The standard InChI is InChI=1S/C18H22N2S/c1-13(20(2)3)19-16-7-8-18-14(11-16)5-4-6-17(18)15-9-10-21-12-15/h4-6,9-10,12,16H,7-8,11H2,1-3H3/t16-/m0/s1. The van der Waals surface area contributed by atoms with Crippen LogP contribution < -0.4 is 0 Å². The zero-order valence-corrected chi connectivity index (χ0v) is 13.8. The van der Waals surface area contributed by atoms with Crippen LogP contribution in [0.3, 0.4) is 0 Å². The Labute approximate surface area is 131 Å². The van der Waals surface area contributed by atoms with Gasteiger partial charge in [0.1, 0.15) is 0 Å². The second-order valence-corrected chi connectivity index (χ2v) is 6.70. The van der Waals surface area contributed by atoms with Gasteiger partial charge in [0.25, 0.3) is 0 Å². The number of amidine groups is 1. The van der Waals surface area contributed by atoms with Gasteiger partial charge in [-0.15, -0.1) is 0 Å². The van der Waals surface area contributed by atoms with Crippen molar-refractivity contribution in [1.29, 1.82) is 0 Å². The summed E-state index contributed by atoms with van der Waals surface area (Å²) in [4.78, 5) is 6.97. The number of thiophene rings is 1. The van der Waals surface area contributed by atoms with Crippen LogP contribution in [0.15, 0.2) is 40.0 Å². The van der Waals surface area contributed by atoms with Crippen molar-refractivity contribution in [2.45, 2.75) is 32.2 Å². The van der Waals surface area contributed by atoms with Gasteiger partial charge in [0.15, 0.2) is 0 Å². The second-order valence-electron chi connectivity index (χ2n) is 5.92. The first-order chi connectivity index (χ1) is 10.1. The molecule has 1 aliphatic rings. The van der Waals surface area contributed by atoms with Crippen LogP contribution in [0.25, 0.3) is 11.1 Å². The third-order valence-electron chi connectivity index (χ3n) is 4.30. The molecule has 0 saturated carbocycles. The van der Waals surface area contributed by atoms with E-state index in [-0.39, 0.29) is 0 Å². The topological polar surface area (TPSA) is 15.6 Å². The summed E-state index contributed by atoms with van der Waals surface area (Å²) in [6, 6.07) is 9.38. The van der Waals surface area contributed by atoms with Crippen LogP contribution in [0.4, 0.5) is 0 Å². The van der Waals surface area contributed by atoms with Crippen molar-refractivity contribution < 1.29 is 0 Å². The number of hydrogen-bond acceptors (Lipinski definition) is 2. The number of fused-ring (bicyclic) bond motifs is 1. The fourth-order valence-electron chi connectivity index (χ4n) is 2.97. The van der Waals surface area contributed by atoms with Crippen LogP contribution in [0.1, 0.15) is 24.5 Å². The van der Waals surface area contributed by atoms with Gasteiger partial charge in [-0.05, 0) is 65.3 Å². The van der Waals surface area contributed by atoms with E-state index in [9.17, 15) is 0 Å². The molecule has 110 valence electrons. The quantitative estimate of drug-likeness (QED) is 0.598. The first kappa shape index (κ1) is 14.3. The van der Waals surface area contributed by atoms with E-state index in [0.717, 1.165) is 25.1 Å². The molecule has 2 aromatic rings. The fraction of sp³-hybridized carbons (Fsp3) is 0.389. The van der Waals surface area contributed by atoms with Crippen LogP contribution in [0.5, 0.6) is 0 Å². The van der Waals surface area contributed by atoms with E-state index in [2.05, 4.69) is 60.9 Å². The summed E-state index contributed by atoms with van der Waals surface area (Å²) in [6.45, 7) is 2.09. The molecule has 1 aromatic carbocycles. The molecule has 0 fully saturated rings. The predicted molar refractivity (Wildman–Crippen MR) is 92.4 cm³/mol. The number of benzene rings is 1. The maximum absolute atomic E-state index is 4.87. The van der Waals surface area contributed by atoms with Crippen molar-refractivity contribution in [3.63, 3.8) is 0 Å². The predicted octanol–water partition coefficient (Wildman–Crippen LogP) is 4.25. The van der Waals surface area contributed by atoms with Crippen molar-refractivity contribution in [2.75, 3.05) is 14.1 Å². The highest BCUT2D eigenvalue weighted by atomic mass is 32.1. The molecule has 1 atom stereocenters. The second kappa shape index (κ2) is 6.02. The van der Waals surface area contributed by atoms with Gasteiger partial charge in [0, 0.05) is 14.1 Å². The molecule has 0 saturated heterocycles. The zero-order valence-electron chi connectivity index (χ0n) is 13.0. The molecule has 2 nitrogen and oxygen atoms in total. The Morgan fingerprint density at radius 2 is 2.14 bits per heavy atom. The van der Waals surface area contributed by atoms with Crippen LogP contribution in [0, 0.1) is 0 Å². The van der Waals surface area contributed by atoms with Gasteiger partial charge in [-0.3, -0.25) is 4.99 Å². The van der Waals surface area contributed by atoms with Gasteiger partial charge in [0.05, 0.1) is 11.9 Å². The summed E-state index contributed by atoms with van der Waals surface area (Å²) in [5.41, 5.74) is 5.79. The van der Waals surface area contributed by atoms with E-state index in [1.807, 2.05) is 0 Å². The van der Waals surface area contributed by atoms with Gasteiger partial charge in [0.2, 0.25) is 0 Å². The largest absolute Gasteiger partial charge is 0.367 e. The minimum atomic E-state index is 0.428. The summed E-state index contributed by atoms with van der Waals surface area (Å²) in [5.74, 6) is 1.12. The molecular formula is C18H22N2S. The highest BCUT2D eigenvalue weighted by Crippen LogP contribution is 2.33.